The summed E-state index contributed by atoms with van der Waals surface area (Å²) >= 11 is 0. The summed E-state index contributed by atoms with van der Waals surface area (Å²) in [5, 5.41) is 8.41. The summed E-state index contributed by atoms with van der Waals surface area (Å²) in [6.07, 6.45) is 7.76. The lowest BCUT2D eigenvalue weighted by Gasteiger charge is -2.28. The molecule has 2 amide bonds. The van der Waals surface area contributed by atoms with E-state index in [0.29, 0.717) is 42.9 Å². The van der Waals surface area contributed by atoms with E-state index in [1.807, 2.05) is 0 Å². The van der Waals surface area contributed by atoms with Gasteiger partial charge in [0.2, 0.25) is 5.91 Å². The van der Waals surface area contributed by atoms with E-state index in [2.05, 4.69) is 22.6 Å². The zero-order valence-corrected chi connectivity index (χ0v) is 14.9. The largest absolute Gasteiger partial charge is 0.351 e. The molecule has 136 valence electrons. The van der Waals surface area contributed by atoms with E-state index in [-0.39, 0.29) is 29.7 Å². The van der Waals surface area contributed by atoms with Crippen molar-refractivity contribution in [3.63, 3.8) is 0 Å². The summed E-state index contributed by atoms with van der Waals surface area (Å²) in [5.74, 6) is 1.31. The molecule has 25 heavy (non-hydrogen) atoms. The molecular formula is C17H23N3O4S. The van der Waals surface area contributed by atoms with Crippen LogP contribution in [0.15, 0.2) is 17.3 Å². The van der Waals surface area contributed by atoms with E-state index in [1.54, 1.807) is 0 Å². The molecule has 0 unspecified atom stereocenters. The van der Waals surface area contributed by atoms with Gasteiger partial charge in [0.25, 0.3) is 5.91 Å². The number of rotatable bonds is 4. The van der Waals surface area contributed by atoms with Crippen LogP contribution in [0.1, 0.15) is 32.1 Å². The number of carbonyl (C=O) groups is 2. The second-order valence-electron chi connectivity index (χ2n) is 7.59. The molecular weight excluding hydrogens is 342 g/mol. The van der Waals surface area contributed by atoms with Crippen molar-refractivity contribution in [1.29, 1.82) is 0 Å². The van der Waals surface area contributed by atoms with Crippen molar-refractivity contribution in [2.75, 3.05) is 18.1 Å². The number of carbonyl (C=O) groups excluding carboxylic acids is 2. The highest BCUT2D eigenvalue weighted by atomic mass is 32.2. The lowest BCUT2D eigenvalue weighted by molar-refractivity contribution is -0.133. The first kappa shape index (κ1) is 16.8. The molecule has 0 spiro atoms. The molecule has 2 bridgehead atoms. The number of hydrazone groups is 1. The molecule has 0 radical (unpaired) electrons. The van der Waals surface area contributed by atoms with E-state index in [1.165, 1.54) is 11.4 Å². The lowest BCUT2D eigenvalue weighted by atomic mass is 9.93. The minimum Gasteiger partial charge on any atom is -0.351 e. The third-order valence-electron chi connectivity index (χ3n) is 5.82. The summed E-state index contributed by atoms with van der Waals surface area (Å²) in [4.78, 5) is 24.5. The van der Waals surface area contributed by atoms with E-state index in [9.17, 15) is 18.0 Å². The van der Waals surface area contributed by atoms with Crippen molar-refractivity contribution in [3.8, 4) is 0 Å². The van der Waals surface area contributed by atoms with Gasteiger partial charge < -0.3 is 5.32 Å². The van der Waals surface area contributed by atoms with Gasteiger partial charge in [0.05, 0.1) is 17.5 Å². The van der Waals surface area contributed by atoms with Gasteiger partial charge in [0, 0.05) is 19.4 Å². The number of nitrogens with zero attached hydrogens (tertiary/aromatic N) is 2. The maximum Gasteiger partial charge on any atom is 0.267 e. The molecule has 4 aliphatic rings. The molecule has 8 heteroatoms. The van der Waals surface area contributed by atoms with Crippen molar-refractivity contribution < 1.29 is 18.0 Å². The topological polar surface area (TPSA) is 95.9 Å². The summed E-state index contributed by atoms with van der Waals surface area (Å²) < 4.78 is 23.3. The van der Waals surface area contributed by atoms with Crippen molar-refractivity contribution in [3.05, 3.63) is 12.2 Å². The normalized spacial score (nSPS) is 35.9. The molecule has 2 heterocycles. The lowest BCUT2D eigenvalue weighted by Crippen LogP contribution is -2.44. The average molecular weight is 365 g/mol. The van der Waals surface area contributed by atoms with Crippen LogP contribution >= 0.6 is 0 Å². The van der Waals surface area contributed by atoms with Crippen LogP contribution < -0.4 is 5.32 Å². The Labute approximate surface area is 147 Å². The summed E-state index contributed by atoms with van der Waals surface area (Å²) in [7, 11) is -3.10. The molecule has 1 saturated heterocycles. The monoisotopic (exact) mass is 365 g/mol. The van der Waals surface area contributed by atoms with Gasteiger partial charge in [-0.3, -0.25) is 9.59 Å². The van der Waals surface area contributed by atoms with Gasteiger partial charge in [0.15, 0.2) is 9.84 Å². The summed E-state index contributed by atoms with van der Waals surface area (Å²) in [6.45, 7) is 0.634. The van der Waals surface area contributed by atoms with Gasteiger partial charge in [-0.15, -0.1) is 0 Å². The Morgan fingerprint density at radius 2 is 2.12 bits per heavy atom. The van der Waals surface area contributed by atoms with Crippen LogP contribution in [-0.4, -0.2) is 55.0 Å². The Morgan fingerprint density at radius 3 is 2.76 bits per heavy atom. The van der Waals surface area contributed by atoms with Gasteiger partial charge in [-0.05, 0) is 37.0 Å². The van der Waals surface area contributed by atoms with Crippen molar-refractivity contribution in [2.24, 2.45) is 22.9 Å². The maximum atomic E-state index is 12.4. The molecule has 7 nitrogen and oxygen atoms in total. The first-order valence-corrected chi connectivity index (χ1v) is 10.8. The van der Waals surface area contributed by atoms with Crippen molar-refractivity contribution in [2.45, 2.75) is 38.1 Å². The van der Waals surface area contributed by atoms with E-state index < -0.39 is 15.9 Å². The number of nitrogens with one attached hydrogen (secondary N) is 1. The Bertz CT molecular complexity index is 758. The quantitative estimate of drug-likeness (QED) is 0.733. The van der Waals surface area contributed by atoms with Crippen LogP contribution in [0.5, 0.6) is 0 Å². The third-order valence-corrected chi connectivity index (χ3v) is 7.57. The molecule has 2 aliphatic heterocycles. The Kier molecular flexibility index (Phi) is 4.17. The summed E-state index contributed by atoms with van der Waals surface area (Å²) in [5.41, 5.74) is 0.336. The fourth-order valence-electron chi connectivity index (χ4n) is 4.44. The number of amides is 2. The van der Waals surface area contributed by atoms with Gasteiger partial charge in [-0.25, -0.2) is 13.4 Å². The van der Waals surface area contributed by atoms with E-state index in [0.717, 1.165) is 6.42 Å². The molecule has 0 aromatic rings. The van der Waals surface area contributed by atoms with Crippen LogP contribution in [0.2, 0.25) is 0 Å². The van der Waals surface area contributed by atoms with Gasteiger partial charge in [0.1, 0.15) is 5.71 Å². The zero-order chi connectivity index (χ0) is 17.6. The van der Waals surface area contributed by atoms with E-state index in [4.69, 9.17) is 0 Å². The second kappa shape index (κ2) is 6.23. The van der Waals surface area contributed by atoms with E-state index >= 15 is 0 Å². The van der Waals surface area contributed by atoms with Gasteiger partial charge in [-0.2, -0.15) is 5.10 Å². The maximum absolute atomic E-state index is 12.4. The first-order chi connectivity index (χ1) is 11.9. The molecule has 1 N–H and O–H groups in total. The fraction of sp³-hybridized carbons (Fsp3) is 0.706. The number of allylic oxidation sites excluding steroid dienone is 2. The SMILES string of the molecule is O=C(NC[C@H]1C[C@@H]2C=C[C@@H]1C2)C1=NN([C@@H]2CCS(=O)(=O)C2)C(=O)CC1. The molecule has 2 fully saturated rings. The van der Waals surface area contributed by atoms with Crippen LogP contribution in [-0.2, 0) is 19.4 Å². The molecule has 4 atom stereocenters. The zero-order valence-electron chi connectivity index (χ0n) is 14.1. The van der Waals surface area contributed by atoms with Crippen LogP contribution in [0.3, 0.4) is 0 Å². The Hall–Kier alpha value is -1.70. The van der Waals surface area contributed by atoms with Crippen LogP contribution in [0.4, 0.5) is 0 Å². The smallest absolute Gasteiger partial charge is 0.267 e. The molecule has 0 aromatic heterocycles. The van der Waals surface area contributed by atoms with Crippen molar-refractivity contribution >= 4 is 27.4 Å². The number of sulfone groups is 1. The van der Waals surface area contributed by atoms with Gasteiger partial charge >= 0.3 is 0 Å². The molecule has 0 aromatic carbocycles. The standard InChI is InChI=1S/C17H23N3O4S/c21-16-4-3-15(19-20(16)14-5-6-25(23,24)10-14)17(22)18-9-13-8-11-1-2-12(13)7-11/h1-2,11-14H,3-10H2,(H,18,22)/t11-,12-,13-,14-/m1/s1. The Morgan fingerprint density at radius 1 is 1.28 bits per heavy atom. The van der Waals surface area contributed by atoms with Crippen molar-refractivity contribution in [1.82, 2.24) is 10.3 Å². The average Bonchev–Trinajstić information content (AvgIpc) is 3.28. The Balaban J connectivity index is 1.39. The third kappa shape index (κ3) is 3.36. The molecule has 1 saturated carbocycles. The summed E-state index contributed by atoms with van der Waals surface area (Å²) in [6, 6.07) is -0.434. The first-order valence-electron chi connectivity index (χ1n) is 8.98. The van der Waals surface area contributed by atoms with Gasteiger partial charge in [-0.1, -0.05) is 12.2 Å². The number of hydrogen-bond acceptors (Lipinski definition) is 5. The molecule has 2 aliphatic carbocycles. The number of hydrogen-bond donors (Lipinski definition) is 1. The fourth-order valence-corrected chi connectivity index (χ4v) is 6.14. The predicted molar refractivity (Wildman–Crippen MR) is 92.4 cm³/mol. The van der Waals surface area contributed by atoms with Crippen LogP contribution in [0, 0.1) is 17.8 Å². The second-order valence-corrected chi connectivity index (χ2v) is 9.82. The minimum atomic E-state index is -3.10. The molecule has 4 rings (SSSR count). The van der Waals surface area contributed by atoms with Crippen LogP contribution in [0.25, 0.3) is 0 Å². The minimum absolute atomic E-state index is 0.0609. The highest BCUT2D eigenvalue weighted by Crippen LogP contribution is 2.42. The number of fused-ring (bicyclic) bond motifs is 2. The highest BCUT2D eigenvalue weighted by molar-refractivity contribution is 7.91. The highest BCUT2D eigenvalue weighted by Gasteiger charge is 2.38. The predicted octanol–water partition coefficient (Wildman–Crippen LogP) is 0.480.